The molecular weight excluding hydrogens is 312 g/mol. The Hall–Kier alpha value is -3.76. The first-order valence-corrected chi connectivity index (χ1v) is 5.96. The van der Waals surface area contributed by atoms with E-state index in [-0.39, 0.29) is 11.3 Å². The molecule has 11 heteroatoms. The number of aromatic hydroxyl groups is 1. The van der Waals surface area contributed by atoms with Crippen LogP contribution in [-0.2, 0) is 0 Å². The fourth-order valence-electron chi connectivity index (χ4n) is 1.78. The monoisotopic (exact) mass is 320 g/mol. The van der Waals surface area contributed by atoms with E-state index >= 15 is 0 Å². The Kier molecular flexibility index (Phi) is 4.03. The Morgan fingerprint density at radius 3 is 2.30 bits per heavy atom. The van der Waals surface area contributed by atoms with E-state index in [4.69, 9.17) is 0 Å². The van der Waals surface area contributed by atoms with Crippen LogP contribution in [0, 0.1) is 20.2 Å². The molecule has 3 N–H and O–H groups in total. The van der Waals surface area contributed by atoms with Crippen LogP contribution in [0.2, 0.25) is 0 Å². The molecule has 0 radical (unpaired) electrons. The number of nitro groups is 2. The summed E-state index contributed by atoms with van der Waals surface area (Å²) in [7, 11) is 0. The Labute approximate surface area is 125 Å². The van der Waals surface area contributed by atoms with E-state index in [1.54, 1.807) is 4.98 Å². The topological polar surface area (TPSA) is 172 Å². The molecule has 0 fully saturated rings. The van der Waals surface area contributed by atoms with Crippen LogP contribution in [0.15, 0.2) is 27.8 Å². The molecule has 1 heterocycles. The molecule has 1 aromatic carbocycles. The lowest BCUT2D eigenvalue weighted by Crippen LogP contribution is -2.25. The van der Waals surface area contributed by atoms with Crippen molar-refractivity contribution in [3.8, 4) is 5.75 Å². The summed E-state index contributed by atoms with van der Waals surface area (Å²) < 4.78 is 0. The van der Waals surface area contributed by atoms with Crippen LogP contribution in [0.25, 0.3) is 12.2 Å². The van der Waals surface area contributed by atoms with Crippen molar-refractivity contribution in [2.45, 2.75) is 0 Å². The van der Waals surface area contributed by atoms with E-state index in [1.807, 2.05) is 0 Å². The van der Waals surface area contributed by atoms with Gasteiger partial charge < -0.3 is 10.1 Å². The second-order valence-electron chi connectivity index (χ2n) is 4.27. The number of nitro benzene ring substituents is 1. The van der Waals surface area contributed by atoms with Crippen molar-refractivity contribution in [2.24, 2.45) is 0 Å². The molecule has 0 atom stereocenters. The molecule has 2 aromatic rings. The molecule has 1 aromatic heterocycles. The highest BCUT2D eigenvalue weighted by atomic mass is 16.6. The molecule has 0 unspecified atom stereocenters. The summed E-state index contributed by atoms with van der Waals surface area (Å²) in [5.74, 6) is -0.592. The van der Waals surface area contributed by atoms with Crippen LogP contribution in [0.1, 0.15) is 11.3 Å². The summed E-state index contributed by atoms with van der Waals surface area (Å²) in [4.78, 5) is 46.1. The van der Waals surface area contributed by atoms with E-state index in [0.29, 0.717) is 0 Å². The summed E-state index contributed by atoms with van der Waals surface area (Å²) in [5.41, 5.74) is -3.52. The van der Waals surface area contributed by atoms with E-state index in [1.165, 1.54) is 12.1 Å². The van der Waals surface area contributed by atoms with Gasteiger partial charge in [-0.1, -0.05) is 6.08 Å². The third-order valence-corrected chi connectivity index (χ3v) is 2.77. The molecule has 11 nitrogen and oxygen atoms in total. The van der Waals surface area contributed by atoms with E-state index in [9.17, 15) is 34.9 Å². The van der Waals surface area contributed by atoms with Crippen LogP contribution in [-0.4, -0.2) is 24.9 Å². The third kappa shape index (κ3) is 3.29. The molecule has 0 amide bonds. The predicted octanol–water partition coefficient (Wildman–Crippen LogP) is 0.756. The van der Waals surface area contributed by atoms with Gasteiger partial charge in [0.15, 0.2) is 5.75 Å². The maximum absolute atomic E-state index is 11.4. The maximum Gasteiger partial charge on any atom is 0.357 e. The van der Waals surface area contributed by atoms with Gasteiger partial charge in [-0.3, -0.25) is 30.0 Å². The van der Waals surface area contributed by atoms with Gasteiger partial charge in [-0.15, -0.1) is 0 Å². The largest absolute Gasteiger partial charge is 0.502 e. The van der Waals surface area contributed by atoms with Crippen molar-refractivity contribution in [1.29, 1.82) is 0 Å². The fourth-order valence-corrected chi connectivity index (χ4v) is 1.78. The molecule has 23 heavy (non-hydrogen) atoms. The zero-order valence-electron chi connectivity index (χ0n) is 11.2. The number of aromatic nitrogens is 2. The highest BCUT2D eigenvalue weighted by molar-refractivity contribution is 5.73. The van der Waals surface area contributed by atoms with Crippen molar-refractivity contribution in [2.75, 3.05) is 0 Å². The first-order valence-electron chi connectivity index (χ1n) is 5.96. The van der Waals surface area contributed by atoms with Gasteiger partial charge in [0.05, 0.1) is 9.85 Å². The van der Waals surface area contributed by atoms with Gasteiger partial charge in [-0.05, 0) is 23.8 Å². The highest BCUT2D eigenvalue weighted by Gasteiger charge is 2.19. The number of rotatable bonds is 4. The summed E-state index contributed by atoms with van der Waals surface area (Å²) in [6.07, 6.45) is 2.32. The number of nitrogens with one attached hydrogen (secondary N) is 2. The van der Waals surface area contributed by atoms with Gasteiger partial charge in [-0.25, -0.2) is 4.79 Å². The standard InChI is InChI=1S/C12H8N4O7/c17-9-5-6(2-4-8(9)15(20)21)1-3-7-10(16(22)23)11(18)14-12(19)13-7/h1-5,17H,(H2,13,14,18,19)/b3-1+. The van der Waals surface area contributed by atoms with Crippen molar-refractivity contribution < 1.29 is 15.0 Å². The fraction of sp³-hybridized carbons (Fsp3) is 0. The zero-order valence-corrected chi connectivity index (χ0v) is 11.2. The molecule has 118 valence electrons. The van der Waals surface area contributed by atoms with Crippen molar-refractivity contribution in [1.82, 2.24) is 9.97 Å². The SMILES string of the molecule is O=c1[nH]c(/C=C/c2ccc([N+](=O)[O-])c(O)c2)c([N+](=O)[O-])c(=O)[nH]1. The lowest BCUT2D eigenvalue weighted by atomic mass is 10.1. The summed E-state index contributed by atoms with van der Waals surface area (Å²) in [6.45, 7) is 0. The summed E-state index contributed by atoms with van der Waals surface area (Å²) in [6, 6.07) is 3.39. The Bertz CT molecular complexity index is 941. The molecule has 0 spiro atoms. The molecule has 0 aliphatic heterocycles. The number of hydrogen-bond donors (Lipinski definition) is 3. The molecular formula is C12H8N4O7. The number of nitrogens with zero attached hydrogens (tertiary/aromatic N) is 2. The second-order valence-corrected chi connectivity index (χ2v) is 4.27. The predicted molar refractivity (Wildman–Crippen MR) is 78.0 cm³/mol. The second kappa shape index (κ2) is 5.93. The Balaban J connectivity index is 2.47. The van der Waals surface area contributed by atoms with Crippen molar-refractivity contribution in [3.63, 3.8) is 0 Å². The number of benzene rings is 1. The van der Waals surface area contributed by atoms with E-state index in [0.717, 1.165) is 18.2 Å². The minimum Gasteiger partial charge on any atom is -0.502 e. The van der Waals surface area contributed by atoms with Gasteiger partial charge in [0, 0.05) is 6.07 Å². The number of phenols is 1. The number of hydrogen-bond acceptors (Lipinski definition) is 7. The highest BCUT2D eigenvalue weighted by Crippen LogP contribution is 2.27. The van der Waals surface area contributed by atoms with Gasteiger partial charge in [-0.2, -0.15) is 0 Å². The number of phenolic OH excluding ortho intramolecular Hbond substituents is 1. The maximum atomic E-state index is 11.4. The molecule has 0 saturated heterocycles. The van der Waals surface area contributed by atoms with Crippen molar-refractivity contribution in [3.05, 3.63) is 70.5 Å². The molecule has 2 rings (SSSR count). The average molecular weight is 320 g/mol. The zero-order chi connectivity index (χ0) is 17.1. The minimum absolute atomic E-state index is 0.267. The molecule has 0 bridgehead atoms. The smallest absolute Gasteiger partial charge is 0.357 e. The lowest BCUT2D eigenvalue weighted by Gasteiger charge is -1.98. The van der Waals surface area contributed by atoms with Crippen LogP contribution in [0.4, 0.5) is 11.4 Å². The van der Waals surface area contributed by atoms with Gasteiger partial charge >= 0.3 is 22.6 Å². The van der Waals surface area contributed by atoms with Crippen LogP contribution in [0.5, 0.6) is 5.75 Å². The number of H-pyrrole nitrogens is 2. The Morgan fingerprint density at radius 2 is 1.74 bits per heavy atom. The van der Waals surface area contributed by atoms with Crippen LogP contribution in [0.3, 0.4) is 0 Å². The molecule has 0 aliphatic carbocycles. The Morgan fingerprint density at radius 1 is 1.04 bits per heavy atom. The molecule has 0 aliphatic rings. The van der Waals surface area contributed by atoms with Crippen molar-refractivity contribution >= 4 is 23.5 Å². The van der Waals surface area contributed by atoms with Crippen LogP contribution < -0.4 is 11.2 Å². The first-order chi connectivity index (χ1) is 10.8. The summed E-state index contributed by atoms with van der Waals surface area (Å²) >= 11 is 0. The van der Waals surface area contributed by atoms with Gasteiger partial charge in [0.25, 0.3) is 0 Å². The van der Waals surface area contributed by atoms with Gasteiger partial charge in [0.2, 0.25) is 0 Å². The average Bonchev–Trinajstić information content (AvgIpc) is 2.43. The van der Waals surface area contributed by atoms with Gasteiger partial charge in [0.1, 0.15) is 5.69 Å². The lowest BCUT2D eigenvalue weighted by molar-refractivity contribution is -0.386. The van der Waals surface area contributed by atoms with Crippen LogP contribution >= 0.6 is 0 Å². The third-order valence-electron chi connectivity index (χ3n) is 2.77. The van der Waals surface area contributed by atoms with E-state index in [2.05, 4.69) is 4.98 Å². The molecule has 0 saturated carbocycles. The quantitative estimate of drug-likeness (QED) is 0.550. The van der Waals surface area contributed by atoms with E-state index < -0.39 is 38.2 Å². The summed E-state index contributed by atoms with van der Waals surface area (Å²) in [5, 5.41) is 30.9. The number of aromatic amines is 2. The first kappa shape index (κ1) is 15.6. The normalized spacial score (nSPS) is 10.8. The minimum atomic E-state index is -1.16.